The van der Waals surface area contributed by atoms with Crippen LogP contribution in [-0.4, -0.2) is 69.4 Å². The van der Waals surface area contributed by atoms with Crippen LogP contribution < -0.4 is 11.5 Å². The number of phenolic OH excluding ortho intramolecular Hbond substituents is 3. The number of aliphatic carboxylic acids is 2. The molecule has 15 nitrogen and oxygen atoms in total. The molecule has 15 heteroatoms. The van der Waals surface area contributed by atoms with Gasteiger partial charge in [-0.25, -0.2) is 0 Å². The summed E-state index contributed by atoms with van der Waals surface area (Å²) in [5.41, 5.74) is 13.5. The molecule has 0 aliphatic carbocycles. The van der Waals surface area contributed by atoms with Gasteiger partial charge in [0.05, 0.1) is 26.9 Å². The molecule has 45 heavy (non-hydrogen) atoms. The molecule has 0 unspecified atom stereocenters. The molecule has 6 rings (SSSR count). The van der Waals surface area contributed by atoms with Crippen LogP contribution in [0.3, 0.4) is 0 Å². The van der Waals surface area contributed by atoms with Gasteiger partial charge in [0.1, 0.15) is 29.3 Å². The van der Waals surface area contributed by atoms with Crippen LogP contribution in [0.25, 0.3) is 32.7 Å². The van der Waals surface area contributed by atoms with Gasteiger partial charge in [0.2, 0.25) is 0 Å². The Morgan fingerprint density at radius 2 is 1.29 bits per heavy atom. The lowest BCUT2D eigenvalue weighted by molar-refractivity contribution is -0.383. The van der Waals surface area contributed by atoms with Gasteiger partial charge in [-0.1, -0.05) is 24.3 Å². The van der Waals surface area contributed by atoms with Crippen LogP contribution in [-0.2, 0) is 22.4 Å². The number of carboxylic acids is 2. The van der Waals surface area contributed by atoms with E-state index in [0.29, 0.717) is 16.8 Å². The van der Waals surface area contributed by atoms with Gasteiger partial charge in [0.25, 0.3) is 5.69 Å². The number of para-hydroxylation sites is 2. The fourth-order valence-corrected chi connectivity index (χ4v) is 4.68. The van der Waals surface area contributed by atoms with Crippen molar-refractivity contribution in [1.82, 2.24) is 15.0 Å². The summed E-state index contributed by atoms with van der Waals surface area (Å²) in [5, 5.41) is 58.9. The van der Waals surface area contributed by atoms with Crippen molar-refractivity contribution in [2.24, 2.45) is 11.5 Å². The quantitative estimate of drug-likeness (QED) is 0.0913. The van der Waals surface area contributed by atoms with Gasteiger partial charge in [0.15, 0.2) is 0 Å². The number of nitro benzene ring substituents is 1. The number of nitro groups is 1. The molecular formula is C30H30N6O9. The summed E-state index contributed by atoms with van der Waals surface area (Å²) in [6.45, 7) is 0. The van der Waals surface area contributed by atoms with Crippen LogP contribution >= 0.6 is 0 Å². The second-order valence-electron chi connectivity index (χ2n) is 9.96. The van der Waals surface area contributed by atoms with Gasteiger partial charge in [-0.15, -0.1) is 0 Å². The first-order chi connectivity index (χ1) is 21.4. The first kappa shape index (κ1) is 31.9. The van der Waals surface area contributed by atoms with E-state index in [1.807, 2.05) is 30.5 Å². The maximum atomic E-state index is 11.0. The zero-order chi connectivity index (χ0) is 32.8. The summed E-state index contributed by atoms with van der Waals surface area (Å²) in [6.07, 6.45) is 5.07. The topological polar surface area (TPSA) is 278 Å². The third kappa shape index (κ3) is 7.12. The Hall–Kier alpha value is -6.06. The normalized spacial score (nSPS) is 12.1. The minimum atomic E-state index is -1.20. The molecule has 0 aliphatic heterocycles. The average Bonchev–Trinajstić information content (AvgIpc) is 3.74. The zero-order valence-electron chi connectivity index (χ0n) is 23.5. The number of hydrogen-bond acceptors (Lipinski definition) is 9. The molecule has 234 valence electrons. The SMILES string of the molecule is N[C@@H](Cc1c[nH]c2c(O)ccc([N+](=O)[O-])c12)C(=O)O.N[C@@H](Cc1c[nH]c2c(O)cccc12)C(=O)O.Oc1cccc2cc[nH]c12. The van der Waals surface area contributed by atoms with Gasteiger partial charge in [-0.2, -0.15) is 0 Å². The van der Waals surface area contributed by atoms with Crippen molar-refractivity contribution in [3.8, 4) is 17.2 Å². The molecule has 0 aliphatic rings. The first-order valence-electron chi connectivity index (χ1n) is 13.3. The molecule has 6 aromatic rings. The predicted octanol–water partition coefficient (Wildman–Crippen LogP) is 3.44. The zero-order valence-corrected chi connectivity index (χ0v) is 23.5. The Balaban J connectivity index is 0.000000160. The number of aromatic hydroxyl groups is 3. The largest absolute Gasteiger partial charge is 0.506 e. The molecule has 0 saturated carbocycles. The maximum absolute atomic E-state index is 11.0. The second-order valence-corrected chi connectivity index (χ2v) is 9.96. The van der Waals surface area contributed by atoms with E-state index in [-0.39, 0.29) is 40.9 Å². The summed E-state index contributed by atoms with van der Waals surface area (Å²) in [7, 11) is 0. The molecule has 0 radical (unpaired) electrons. The van der Waals surface area contributed by atoms with E-state index >= 15 is 0 Å². The summed E-state index contributed by atoms with van der Waals surface area (Å²) in [5.74, 6) is -1.92. The molecule has 12 N–H and O–H groups in total. The third-order valence-electron chi connectivity index (χ3n) is 6.93. The number of aromatic nitrogens is 3. The number of carbonyl (C=O) groups is 2. The number of nitrogens with two attached hydrogens (primary N) is 2. The molecule has 3 aromatic carbocycles. The molecule has 0 spiro atoms. The van der Waals surface area contributed by atoms with E-state index in [4.69, 9.17) is 21.7 Å². The molecular weight excluding hydrogens is 588 g/mol. The van der Waals surface area contributed by atoms with E-state index in [1.54, 1.807) is 24.4 Å². The summed E-state index contributed by atoms with van der Waals surface area (Å²) >= 11 is 0. The Morgan fingerprint density at radius 3 is 1.91 bits per heavy atom. The van der Waals surface area contributed by atoms with Crippen LogP contribution in [0.4, 0.5) is 5.69 Å². The lowest BCUT2D eigenvalue weighted by Gasteiger charge is -2.05. The minimum Gasteiger partial charge on any atom is -0.506 e. The highest BCUT2D eigenvalue weighted by molar-refractivity contribution is 5.96. The highest BCUT2D eigenvalue weighted by Crippen LogP contribution is 2.34. The number of carboxylic acid groups (broad SMARTS) is 2. The van der Waals surface area contributed by atoms with Gasteiger partial charge < -0.3 is 52.0 Å². The van der Waals surface area contributed by atoms with E-state index in [0.717, 1.165) is 21.9 Å². The van der Waals surface area contributed by atoms with Crippen LogP contribution in [0.1, 0.15) is 11.1 Å². The first-order valence-corrected chi connectivity index (χ1v) is 13.3. The Morgan fingerprint density at radius 1 is 0.733 bits per heavy atom. The number of aromatic amines is 3. The number of phenols is 3. The Kier molecular flexibility index (Phi) is 9.56. The van der Waals surface area contributed by atoms with Crippen LogP contribution in [0.5, 0.6) is 17.2 Å². The monoisotopic (exact) mass is 618 g/mol. The van der Waals surface area contributed by atoms with Crippen molar-refractivity contribution in [2.75, 3.05) is 0 Å². The Bertz CT molecular complexity index is 1990. The average molecular weight is 619 g/mol. The minimum absolute atomic E-state index is 0.0698. The van der Waals surface area contributed by atoms with Crippen LogP contribution in [0, 0.1) is 10.1 Å². The fourth-order valence-electron chi connectivity index (χ4n) is 4.68. The summed E-state index contributed by atoms with van der Waals surface area (Å²) in [6, 6.07) is 12.7. The van der Waals surface area contributed by atoms with E-state index in [2.05, 4.69) is 15.0 Å². The highest BCUT2D eigenvalue weighted by atomic mass is 16.6. The molecule has 3 aromatic heterocycles. The number of rotatable bonds is 7. The molecule has 0 bridgehead atoms. The van der Waals surface area contributed by atoms with Crippen molar-refractivity contribution < 1.29 is 40.0 Å². The number of nitrogens with one attached hydrogen (secondary N) is 3. The van der Waals surface area contributed by atoms with E-state index in [9.17, 15) is 35.0 Å². The number of nitrogens with zero attached hydrogens (tertiary/aromatic N) is 1. The second kappa shape index (κ2) is 13.5. The van der Waals surface area contributed by atoms with Crippen molar-refractivity contribution in [2.45, 2.75) is 24.9 Å². The lowest BCUT2D eigenvalue weighted by atomic mass is 10.0. The van der Waals surface area contributed by atoms with Crippen molar-refractivity contribution in [3.63, 3.8) is 0 Å². The molecule has 0 amide bonds. The van der Waals surface area contributed by atoms with E-state index < -0.39 is 28.9 Å². The molecule has 0 fully saturated rings. The molecule has 0 saturated heterocycles. The fraction of sp³-hybridized carbons (Fsp3) is 0.133. The molecule has 3 heterocycles. The summed E-state index contributed by atoms with van der Waals surface area (Å²) < 4.78 is 0. The Labute approximate surface area is 253 Å². The number of hydrogen-bond donors (Lipinski definition) is 10. The van der Waals surface area contributed by atoms with Gasteiger partial charge >= 0.3 is 11.9 Å². The predicted molar refractivity (Wildman–Crippen MR) is 165 cm³/mol. The number of fused-ring (bicyclic) bond motifs is 3. The van der Waals surface area contributed by atoms with Crippen molar-refractivity contribution in [3.05, 3.63) is 94.4 Å². The smallest absolute Gasteiger partial charge is 0.320 e. The van der Waals surface area contributed by atoms with E-state index in [1.165, 1.54) is 18.3 Å². The maximum Gasteiger partial charge on any atom is 0.320 e. The van der Waals surface area contributed by atoms with Gasteiger partial charge in [-0.05, 0) is 35.4 Å². The van der Waals surface area contributed by atoms with Crippen LogP contribution in [0.2, 0.25) is 0 Å². The third-order valence-corrected chi connectivity index (χ3v) is 6.93. The van der Waals surface area contributed by atoms with Gasteiger partial charge in [-0.3, -0.25) is 19.7 Å². The lowest BCUT2D eigenvalue weighted by Crippen LogP contribution is -2.32. The molecule has 2 atom stereocenters. The van der Waals surface area contributed by atoms with Gasteiger partial charge in [0, 0.05) is 48.3 Å². The van der Waals surface area contributed by atoms with Crippen LogP contribution in [0.15, 0.2) is 73.2 Å². The van der Waals surface area contributed by atoms with Crippen molar-refractivity contribution >= 4 is 50.3 Å². The summed E-state index contributed by atoms with van der Waals surface area (Å²) in [4.78, 5) is 40.3. The number of benzene rings is 3. The number of non-ortho nitro benzene ring substituents is 1. The van der Waals surface area contributed by atoms with Crippen molar-refractivity contribution in [1.29, 1.82) is 0 Å². The standard InChI is InChI=1S/C11H11N3O5.C11H12N2O3.C8H7NO/c12-6(11(16)17)3-5-4-13-10-8(15)2-1-7(9(5)10)14(18)19;12-8(11(15)16)4-6-5-13-10-7(6)2-1-3-9(10)14;10-7-3-1-2-6-4-5-9-8(6)7/h1-2,4,6,13,15H,3,12H2,(H,16,17);1-3,5,8,13-14H,4,12H2,(H,15,16);1-5,9-10H/t6-;8-;/m00./s1. The highest BCUT2D eigenvalue weighted by Gasteiger charge is 2.22. The number of H-pyrrole nitrogens is 3.